The molecule has 1 N–H and O–H groups in total. The van der Waals surface area contributed by atoms with E-state index in [2.05, 4.69) is 36.4 Å². The molecular formula is C17H23N3O2. The zero-order chi connectivity index (χ0) is 16.3. The second-order valence-corrected chi connectivity index (χ2v) is 5.83. The fourth-order valence-corrected chi connectivity index (χ4v) is 2.29. The second kappa shape index (κ2) is 6.64. The lowest BCUT2D eigenvalue weighted by Gasteiger charge is -2.14. The van der Waals surface area contributed by atoms with Crippen LogP contribution in [-0.2, 0) is 11.8 Å². The van der Waals surface area contributed by atoms with Gasteiger partial charge in [0.05, 0.1) is 5.69 Å². The number of aryl methyl sites for hydroxylation is 3. The molecule has 1 amide bonds. The SMILES string of the molecule is Cc1ccc(C(C)C)c(OCC(=O)Nc2cc(C)nn2C)c1. The molecule has 1 heterocycles. The van der Waals surface area contributed by atoms with Crippen LogP contribution < -0.4 is 10.1 Å². The van der Waals surface area contributed by atoms with Crippen molar-refractivity contribution in [3.05, 3.63) is 41.1 Å². The van der Waals surface area contributed by atoms with Crippen molar-refractivity contribution in [3.8, 4) is 5.75 Å². The minimum absolute atomic E-state index is 0.0204. The van der Waals surface area contributed by atoms with Gasteiger partial charge in [-0.25, -0.2) is 0 Å². The number of rotatable bonds is 5. The average molecular weight is 301 g/mol. The zero-order valence-electron chi connectivity index (χ0n) is 13.8. The highest BCUT2D eigenvalue weighted by atomic mass is 16.5. The first-order valence-electron chi connectivity index (χ1n) is 7.40. The smallest absolute Gasteiger partial charge is 0.263 e. The topological polar surface area (TPSA) is 56.1 Å². The Morgan fingerprint density at radius 1 is 1.32 bits per heavy atom. The van der Waals surface area contributed by atoms with Gasteiger partial charge in [0.1, 0.15) is 11.6 Å². The van der Waals surface area contributed by atoms with Gasteiger partial charge < -0.3 is 10.1 Å². The molecule has 0 fully saturated rings. The molecule has 118 valence electrons. The minimum Gasteiger partial charge on any atom is -0.483 e. The zero-order valence-corrected chi connectivity index (χ0v) is 13.8. The van der Waals surface area contributed by atoms with Crippen LogP contribution in [0.2, 0.25) is 0 Å². The van der Waals surface area contributed by atoms with E-state index in [1.54, 1.807) is 11.7 Å². The number of hydrogen-bond donors (Lipinski definition) is 1. The Kier molecular flexibility index (Phi) is 4.85. The van der Waals surface area contributed by atoms with Crippen molar-refractivity contribution in [1.82, 2.24) is 9.78 Å². The van der Waals surface area contributed by atoms with E-state index in [1.165, 1.54) is 0 Å². The molecule has 2 aromatic rings. The molecule has 2 rings (SSSR count). The number of nitrogens with zero attached hydrogens (tertiary/aromatic N) is 2. The number of anilines is 1. The quantitative estimate of drug-likeness (QED) is 0.923. The van der Waals surface area contributed by atoms with Crippen molar-refractivity contribution in [1.29, 1.82) is 0 Å². The third kappa shape index (κ3) is 3.87. The summed E-state index contributed by atoms with van der Waals surface area (Å²) in [5.41, 5.74) is 3.08. The first kappa shape index (κ1) is 16.1. The van der Waals surface area contributed by atoms with E-state index in [4.69, 9.17) is 4.74 Å². The maximum Gasteiger partial charge on any atom is 0.263 e. The van der Waals surface area contributed by atoms with Crippen LogP contribution in [-0.4, -0.2) is 22.3 Å². The van der Waals surface area contributed by atoms with Crippen LogP contribution in [0.15, 0.2) is 24.3 Å². The van der Waals surface area contributed by atoms with Crippen molar-refractivity contribution < 1.29 is 9.53 Å². The maximum atomic E-state index is 12.0. The summed E-state index contributed by atoms with van der Waals surface area (Å²) in [7, 11) is 1.79. The van der Waals surface area contributed by atoms with Gasteiger partial charge in [0.25, 0.3) is 5.91 Å². The van der Waals surface area contributed by atoms with Gasteiger partial charge in [0.2, 0.25) is 0 Å². The Labute approximate surface area is 131 Å². The fourth-order valence-electron chi connectivity index (χ4n) is 2.29. The molecule has 0 unspecified atom stereocenters. The van der Waals surface area contributed by atoms with Crippen LogP contribution in [0.5, 0.6) is 5.75 Å². The van der Waals surface area contributed by atoms with Gasteiger partial charge in [-0.15, -0.1) is 0 Å². The van der Waals surface area contributed by atoms with E-state index < -0.39 is 0 Å². The van der Waals surface area contributed by atoms with Crippen molar-refractivity contribution >= 4 is 11.7 Å². The Balaban J connectivity index is 2.02. The van der Waals surface area contributed by atoms with Crippen molar-refractivity contribution in [3.63, 3.8) is 0 Å². The number of ether oxygens (including phenoxy) is 1. The summed E-state index contributed by atoms with van der Waals surface area (Å²) in [4.78, 5) is 12.0. The predicted octanol–water partition coefficient (Wildman–Crippen LogP) is 3.18. The highest BCUT2D eigenvalue weighted by molar-refractivity contribution is 5.91. The monoisotopic (exact) mass is 301 g/mol. The van der Waals surface area contributed by atoms with Gasteiger partial charge in [-0.05, 0) is 37.0 Å². The van der Waals surface area contributed by atoms with Crippen LogP contribution in [0.3, 0.4) is 0 Å². The molecule has 1 aromatic heterocycles. The van der Waals surface area contributed by atoms with E-state index in [0.717, 1.165) is 22.6 Å². The number of hydrogen-bond acceptors (Lipinski definition) is 3. The molecule has 0 saturated carbocycles. The van der Waals surface area contributed by atoms with E-state index in [9.17, 15) is 4.79 Å². The lowest BCUT2D eigenvalue weighted by Crippen LogP contribution is -2.22. The second-order valence-electron chi connectivity index (χ2n) is 5.83. The number of aromatic nitrogens is 2. The molecule has 5 nitrogen and oxygen atoms in total. The number of amides is 1. The molecule has 5 heteroatoms. The molecule has 22 heavy (non-hydrogen) atoms. The largest absolute Gasteiger partial charge is 0.483 e. The van der Waals surface area contributed by atoms with Gasteiger partial charge >= 0.3 is 0 Å². The summed E-state index contributed by atoms with van der Waals surface area (Å²) in [5.74, 6) is 1.59. The van der Waals surface area contributed by atoms with Crippen LogP contribution >= 0.6 is 0 Å². The summed E-state index contributed by atoms with van der Waals surface area (Å²) in [6.07, 6.45) is 0. The summed E-state index contributed by atoms with van der Waals surface area (Å²) in [5, 5.41) is 6.99. The Bertz CT molecular complexity index is 675. The van der Waals surface area contributed by atoms with Crippen molar-refractivity contribution in [2.75, 3.05) is 11.9 Å². The van der Waals surface area contributed by atoms with Gasteiger partial charge in [-0.1, -0.05) is 26.0 Å². The van der Waals surface area contributed by atoms with Gasteiger partial charge in [-0.2, -0.15) is 5.10 Å². The Hall–Kier alpha value is -2.30. The minimum atomic E-state index is -0.195. The molecule has 1 aromatic carbocycles. The van der Waals surface area contributed by atoms with Gasteiger partial charge in [0, 0.05) is 13.1 Å². The predicted molar refractivity (Wildman–Crippen MR) is 87.3 cm³/mol. The Morgan fingerprint density at radius 2 is 2.05 bits per heavy atom. The standard InChI is InChI=1S/C17H23N3O2/c1-11(2)14-7-6-12(3)8-15(14)22-10-17(21)18-16-9-13(4)19-20(16)5/h6-9,11H,10H2,1-5H3,(H,18,21). The van der Waals surface area contributed by atoms with Gasteiger partial charge in [0.15, 0.2) is 6.61 Å². The average Bonchev–Trinajstić information content (AvgIpc) is 2.74. The summed E-state index contributed by atoms with van der Waals surface area (Å²) < 4.78 is 7.36. The molecule has 0 aliphatic rings. The summed E-state index contributed by atoms with van der Waals surface area (Å²) >= 11 is 0. The van der Waals surface area contributed by atoms with E-state index >= 15 is 0 Å². The number of carbonyl (C=O) groups excluding carboxylic acids is 1. The highest BCUT2D eigenvalue weighted by Gasteiger charge is 2.11. The van der Waals surface area contributed by atoms with Crippen LogP contribution in [0.4, 0.5) is 5.82 Å². The van der Waals surface area contributed by atoms with Crippen molar-refractivity contribution in [2.24, 2.45) is 7.05 Å². The van der Waals surface area contributed by atoms with Crippen LogP contribution in [0, 0.1) is 13.8 Å². The molecular weight excluding hydrogens is 278 g/mol. The third-order valence-electron chi connectivity index (χ3n) is 3.42. The molecule has 0 spiro atoms. The molecule has 0 radical (unpaired) electrons. The third-order valence-corrected chi connectivity index (χ3v) is 3.42. The van der Waals surface area contributed by atoms with E-state index in [-0.39, 0.29) is 12.5 Å². The highest BCUT2D eigenvalue weighted by Crippen LogP contribution is 2.27. The molecule has 0 saturated heterocycles. The normalized spacial score (nSPS) is 10.8. The molecule has 0 bridgehead atoms. The Morgan fingerprint density at radius 3 is 2.64 bits per heavy atom. The lowest BCUT2D eigenvalue weighted by atomic mass is 10.0. The summed E-state index contributed by atoms with van der Waals surface area (Å²) in [6.45, 7) is 8.09. The number of nitrogens with one attached hydrogen (secondary N) is 1. The molecule has 0 atom stereocenters. The number of benzene rings is 1. The van der Waals surface area contributed by atoms with E-state index in [0.29, 0.717) is 11.7 Å². The van der Waals surface area contributed by atoms with Crippen LogP contribution in [0.25, 0.3) is 0 Å². The maximum absolute atomic E-state index is 12.0. The molecule has 0 aliphatic heterocycles. The summed E-state index contributed by atoms with van der Waals surface area (Å²) in [6, 6.07) is 7.90. The first-order valence-corrected chi connectivity index (χ1v) is 7.40. The van der Waals surface area contributed by atoms with Crippen LogP contribution in [0.1, 0.15) is 36.6 Å². The number of carbonyl (C=O) groups is 1. The van der Waals surface area contributed by atoms with Gasteiger partial charge in [-0.3, -0.25) is 9.48 Å². The first-order chi connectivity index (χ1) is 10.4. The van der Waals surface area contributed by atoms with Crippen molar-refractivity contribution in [2.45, 2.75) is 33.6 Å². The fraction of sp³-hybridized carbons (Fsp3) is 0.412. The van der Waals surface area contributed by atoms with E-state index in [1.807, 2.05) is 26.0 Å². The lowest BCUT2D eigenvalue weighted by molar-refractivity contribution is -0.118. The molecule has 0 aliphatic carbocycles.